The van der Waals surface area contributed by atoms with Crippen LogP contribution in [0.25, 0.3) is 0 Å². The molecule has 0 bridgehead atoms. The second kappa shape index (κ2) is 12.1. The van der Waals surface area contributed by atoms with E-state index in [1.54, 1.807) is 6.08 Å². The highest BCUT2D eigenvalue weighted by atomic mass is 16.4. The lowest BCUT2D eigenvalue weighted by molar-refractivity contribution is -0.137. The highest BCUT2D eigenvalue weighted by Crippen LogP contribution is 2.34. The zero-order valence-electron chi connectivity index (χ0n) is 18.7. The number of hydrogen-bond donors (Lipinski definition) is 3. The van der Waals surface area contributed by atoms with Gasteiger partial charge in [-0.1, -0.05) is 55.0 Å². The summed E-state index contributed by atoms with van der Waals surface area (Å²) in [4.78, 5) is 22.8. The minimum absolute atomic E-state index is 0.0534. The van der Waals surface area contributed by atoms with Crippen LogP contribution >= 0.6 is 0 Å². The lowest BCUT2D eigenvalue weighted by Crippen LogP contribution is -2.18. The third kappa shape index (κ3) is 7.14. The van der Waals surface area contributed by atoms with Crippen LogP contribution in [0.15, 0.2) is 48.6 Å². The molecule has 3 rings (SSSR count). The van der Waals surface area contributed by atoms with Crippen molar-refractivity contribution in [1.29, 1.82) is 0 Å². The minimum atomic E-state index is -0.801. The van der Waals surface area contributed by atoms with Gasteiger partial charge in [0.05, 0.1) is 12.2 Å². The van der Waals surface area contributed by atoms with Crippen molar-refractivity contribution >= 4 is 11.8 Å². The molecule has 2 aliphatic carbocycles. The lowest BCUT2D eigenvalue weighted by Gasteiger charge is -2.17. The van der Waals surface area contributed by atoms with Crippen LogP contribution in [0.4, 0.5) is 0 Å². The smallest absolute Gasteiger partial charge is 0.303 e. The highest BCUT2D eigenvalue weighted by Gasteiger charge is 2.39. The Balaban J connectivity index is 1.40. The summed E-state index contributed by atoms with van der Waals surface area (Å²) in [7, 11) is 0. The van der Waals surface area contributed by atoms with Crippen LogP contribution in [0.1, 0.15) is 62.5 Å². The number of aliphatic carboxylic acids is 1. The standard InChI is InChI=1S/C27H36O5/c28-22(11-7-8-19-16-20-9-5-6-10-21(20)17-19)14-15-24-23(25(29)18-26(24)30)12-3-1-2-4-13-27(31)32/h1,3,5-6,9-10,14-15,19,22-24,26,28,30H,2,4,7-8,11-13,16-18H2,(H,31,32)/b3-1-,15-14+/t22-,23+,24+,26+/m0/s1. The number of hydrogen-bond acceptors (Lipinski definition) is 4. The number of carbonyl (C=O) groups excluding carboxylic acids is 1. The van der Waals surface area contributed by atoms with E-state index in [2.05, 4.69) is 24.3 Å². The van der Waals surface area contributed by atoms with Crippen LogP contribution in [0.5, 0.6) is 0 Å². The topological polar surface area (TPSA) is 94.8 Å². The molecular weight excluding hydrogens is 404 g/mol. The Labute approximate surface area is 190 Å². The highest BCUT2D eigenvalue weighted by molar-refractivity contribution is 5.84. The van der Waals surface area contributed by atoms with Crippen LogP contribution in [-0.4, -0.2) is 39.3 Å². The Morgan fingerprint density at radius 3 is 2.50 bits per heavy atom. The van der Waals surface area contributed by atoms with Gasteiger partial charge in [0, 0.05) is 24.7 Å². The maximum atomic E-state index is 12.3. The van der Waals surface area contributed by atoms with Gasteiger partial charge in [0.25, 0.3) is 0 Å². The fourth-order valence-electron chi connectivity index (χ4n) is 5.08. The molecular formula is C27H36O5. The molecule has 32 heavy (non-hydrogen) atoms. The van der Waals surface area contributed by atoms with Crippen molar-refractivity contribution in [3.05, 3.63) is 59.7 Å². The summed E-state index contributed by atoms with van der Waals surface area (Å²) in [6.07, 6.45) is 13.2. The number of Topliss-reactive ketones (excluding diaryl/α,β-unsaturated/α-hetero) is 1. The molecule has 2 aliphatic rings. The summed E-state index contributed by atoms with van der Waals surface area (Å²) in [5.74, 6) is -0.641. The number of carbonyl (C=O) groups is 2. The zero-order valence-corrected chi connectivity index (χ0v) is 18.7. The number of fused-ring (bicyclic) bond motifs is 1. The van der Waals surface area contributed by atoms with Crippen molar-refractivity contribution in [3.8, 4) is 0 Å². The molecule has 1 aromatic carbocycles. The third-order valence-electron chi connectivity index (χ3n) is 6.85. The molecule has 3 N–H and O–H groups in total. The van der Waals surface area contributed by atoms with Crippen LogP contribution < -0.4 is 0 Å². The van der Waals surface area contributed by atoms with Gasteiger partial charge in [0.2, 0.25) is 0 Å². The van der Waals surface area contributed by atoms with Crippen LogP contribution in [0.3, 0.4) is 0 Å². The SMILES string of the molecule is O=C(O)CCC/C=C\C[C@H]1C(=O)C[C@@H](O)[C@@H]1/C=C/[C@@H](O)CCCC1Cc2ccccc2C1. The molecule has 0 aliphatic heterocycles. The Morgan fingerprint density at radius 1 is 1.09 bits per heavy atom. The van der Waals surface area contributed by atoms with Gasteiger partial charge in [-0.3, -0.25) is 9.59 Å². The molecule has 4 atom stereocenters. The van der Waals surface area contributed by atoms with E-state index >= 15 is 0 Å². The number of unbranched alkanes of at least 4 members (excludes halogenated alkanes) is 1. The Morgan fingerprint density at radius 2 is 1.81 bits per heavy atom. The van der Waals surface area contributed by atoms with Gasteiger partial charge in [-0.25, -0.2) is 0 Å². The van der Waals surface area contributed by atoms with E-state index in [1.165, 1.54) is 11.1 Å². The summed E-state index contributed by atoms with van der Waals surface area (Å²) in [6, 6.07) is 8.62. The van der Waals surface area contributed by atoms with Gasteiger partial charge < -0.3 is 15.3 Å². The fourth-order valence-corrected chi connectivity index (χ4v) is 5.08. The second-order valence-corrected chi connectivity index (χ2v) is 9.34. The molecule has 0 heterocycles. The summed E-state index contributed by atoms with van der Waals surface area (Å²) in [6.45, 7) is 0. The molecule has 1 aromatic rings. The summed E-state index contributed by atoms with van der Waals surface area (Å²) in [5, 5.41) is 29.4. The number of allylic oxidation sites excluding steroid dienone is 2. The van der Waals surface area contributed by atoms with Gasteiger partial charge in [-0.15, -0.1) is 0 Å². The van der Waals surface area contributed by atoms with Crippen molar-refractivity contribution < 1.29 is 24.9 Å². The monoisotopic (exact) mass is 440 g/mol. The first-order chi connectivity index (χ1) is 15.4. The molecule has 0 unspecified atom stereocenters. The van der Waals surface area contributed by atoms with Gasteiger partial charge in [0.1, 0.15) is 5.78 Å². The van der Waals surface area contributed by atoms with Crippen molar-refractivity contribution in [1.82, 2.24) is 0 Å². The molecule has 174 valence electrons. The molecule has 0 spiro atoms. The van der Waals surface area contributed by atoms with Crippen molar-refractivity contribution in [2.45, 2.75) is 76.4 Å². The quantitative estimate of drug-likeness (QED) is 0.334. The zero-order chi connectivity index (χ0) is 22.9. The summed E-state index contributed by atoms with van der Waals surface area (Å²) < 4.78 is 0. The molecule has 0 saturated heterocycles. The first-order valence-corrected chi connectivity index (χ1v) is 11.9. The van der Waals surface area contributed by atoms with E-state index in [0.717, 1.165) is 25.7 Å². The molecule has 5 nitrogen and oxygen atoms in total. The van der Waals surface area contributed by atoms with E-state index in [0.29, 0.717) is 31.6 Å². The normalized spacial score (nSPS) is 24.6. The van der Waals surface area contributed by atoms with E-state index in [4.69, 9.17) is 5.11 Å². The molecule has 1 saturated carbocycles. The van der Waals surface area contributed by atoms with Crippen LogP contribution in [-0.2, 0) is 22.4 Å². The first-order valence-electron chi connectivity index (χ1n) is 11.9. The molecule has 0 amide bonds. The number of rotatable bonds is 12. The number of aliphatic hydroxyl groups excluding tert-OH is 2. The molecule has 5 heteroatoms. The molecule has 0 aromatic heterocycles. The average molecular weight is 441 g/mol. The van der Waals surface area contributed by atoms with E-state index < -0.39 is 18.2 Å². The van der Waals surface area contributed by atoms with Crippen molar-refractivity contribution in [2.75, 3.05) is 0 Å². The summed E-state index contributed by atoms with van der Waals surface area (Å²) >= 11 is 0. The average Bonchev–Trinajstić information content (AvgIpc) is 3.28. The Kier molecular flexibility index (Phi) is 9.24. The number of benzene rings is 1. The fraction of sp³-hybridized carbons (Fsp3) is 0.556. The number of carboxylic acid groups (broad SMARTS) is 1. The van der Waals surface area contributed by atoms with Crippen molar-refractivity contribution in [3.63, 3.8) is 0 Å². The first kappa shape index (κ1) is 24.4. The predicted molar refractivity (Wildman–Crippen MR) is 124 cm³/mol. The van der Waals surface area contributed by atoms with Gasteiger partial charge >= 0.3 is 5.97 Å². The van der Waals surface area contributed by atoms with Crippen LogP contribution in [0, 0.1) is 17.8 Å². The van der Waals surface area contributed by atoms with E-state index in [-0.39, 0.29) is 30.5 Å². The Hall–Kier alpha value is -2.24. The third-order valence-corrected chi connectivity index (χ3v) is 6.85. The maximum absolute atomic E-state index is 12.3. The lowest BCUT2D eigenvalue weighted by atomic mass is 9.90. The molecule has 0 radical (unpaired) electrons. The largest absolute Gasteiger partial charge is 0.481 e. The maximum Gasteiger partial charge on any atom is 0.303 e. The van der Waals surface area contributed by atoms with Crippen molar-refractivity contribution in [2.24, 2.45) is 17.8 Å². The Bertz CT molecular complexity index is 802. The number of ketones is 1. The van der Waals surface area contributed by atoms with Crippen LogP contribution in [0.2, 0.25) is 0 Å². The predicted octanol–water partition coefficient (Wildman–Crippen LogP) is 4.26. The number of aliphatic hydroxyl groups is 2. The van der Waals surface area contributed by atoms with Gasteiger partial charge in [-0.05, 0) is 62.0 Å². The van der Waals surface area contributed by atoms with E-state index in [1.807, 2.05) is 18.2 Å². The van der Waals surface area contributed by atoms with Gasteiger partial charge in [-0.2, -0.15) is 0 Å². The summed E-state index contributed by atoms with van der Waals surface area (Å²) in [5.41, 5.74) is 2.92. The molecule has 1 fully saturated rings. The minimum Gasteiger partial charge on any atom is -0.481 e. The van der Waals surface area contributed by atoms with E-state index in [9.17, 15) is 19.8 Å². The van der Waals surface area contributed by atoms with Gasteiger partial charge in [0.15, 0.2) is 0 Å². The second-order valence-electron chi connectivity index (χ2n) is 9.34. The number of carboxylic acids is 1.